The van der Waals surface area contributed by atoms with Crippen LogP contribution in [-0.2, 0) is 4.74 Å². The van der Waals surface area contributed by atoms with Gasteiger partial charge in [-0.05, 0) is 39.0 Å². The van der Waals surface area contributed by atoms with Crippen molar-refractivity contribution >= 4 is 27.9 Å². The average Bonchev–Trinajstić information content (AvgIpc) is 2.39. The first-order valence-corrected chi connectivity index (χ1v) is 7.57. The summed E-state index contributed by atoms with van der Waals surface area (Å²) < 4.78 is 19.4. The van der Waals surface area contributed by atoms with Crippen LogP contribution in [0, 0.1) is 5.82 Å². The fourth-order valence-corrected chi connectivity index (χ4v) is 1.90. The Hall–Kier alpha value is -1.63. The normalized spacial score (nSPS) is 11.0. The molecule has 0 unspecified atom stereocenters. The molecule has 0 aliphatic heterocycles. The van der Waals surface area contributed by atoms with E-state index in [-0.39, 0.29) is 18.7 Å². The van der Waals surface area contributed by atoms with Gasteiger partial charge in [-0.3, -0.25) is 4.79 Å². The van der Waals surface area contributed by atoms with Crippen molar-refractivity contribution in [1.82, 2.24) is 10.2 Å². The van der Waals surface area contributed by atoms with Crippen molar-refractivity contribution in [2.45, 2.75) is 26.4 Å². The van der Waals surface area contributed by atoms with Gasteiger partial charge < -0.3 is 15.0 Å². The Kier molecular flexibility index (Phi) is 6.34. The summed E-state index contributed by atoms with van der Waals surface area (Å²) in [5, 5.41) is 2.57. The summed E-state index contributed by atoms with van der Waals surface area (Å²) in [7, 11) is 1.57. The average molecular weight is 375 g/mol. The summed E-state index contributed by atoms with van der Waals surface area (Å²) >= 11 is 3.19. The van der Waals surface area contributed by atoms with E-state index >= 15 is 0 Å². The van der Waals surface area contributed by atoms with E-state index in [0.717, 1.165) is 0 Å². The smallest absolute Gasteiger partial charge is 0.410 e. The molecule has 0 aliphatic carbocycles. The third kappa shape index (κ3) is 6.01. The first-order chi connectivity index (χ1) is 10.1. The number of ether oxygens (including phenoxy) is 1. The largest absolute Gasteiger partial charge is 0.444 e. The molecular weight excluding hydrogens is 355 g/mol. The van der Waals surface area contributed by atoms with Gasteiger partial charge in [0.05, 0.1) is 5.56 Å². The van der Waals surface area contributed by atoms with Crippen LogP contribution in [0.3, 0.4) is 0 Å². The molecule has 2 amide bonds. The highest BCUT2D eigenvalue weighted by Crippen LogP contribution is 2.15. The maximum atomic E-state index is 13.6. The molecule has 0 saturated carbocycles. The Morgan fingerprint density at radius 3 is 2.59 bits per heavy atom. The van der Waals surface area contributed by atoms with Gasteiger partial charge in [-0.2, -0.15) is 0 Å². The van der Waals surface area contributed by atoms with Crippen molar-refractivity contribution in [1.29, 1.82) is 0 Å². The lowest BCUT2D eigenvalue weighted by molar-refractivity contribution is 0.0299. The number of benzene rings is 1. The van der Waals surface area contributed by atoms with Crippen LogP contribution in [0.15, 0.2) is 22.7 Å². The van der Waals surface area contributed by atoms with E-state index in [2.05, 4.69) is 21.2 Å². The molecule has 1 rings (SSSR count). The maximum Gasteiger partial charge on any atom is 0.410 e. The highest BCUT2D eigenvalue weighted by molar-refractivity contribution is 9.10. The minimum Gasteiger partial charge on any atom is -0.444 e. The van der Waals surface area contributed by atoms with E-state index in [0.29, 0.717) is 4.47 Å². The molecule has 0 bridgehead atoms. The summed E-state index contributed by atoms with van der Waals surface area (Å²) in [6, 6.07) is 4.14. The van der Waals surface area contributed by atoms with Crippen molar-refractivity contribution in [3.8, 4) is 0 Å². The number of nitrogens with one attached hydrogen (secondary N) is 1. The topological polar surface area (TPSA) is 58.6 Å². The van der Waals surface area contributed by atoms with Gasteiger partial charge in [0.15, 0.2) is 0 Å². The molecule has 0 aromatic heterocycles. The van der Waals surface area contributed by atoms with Crippen LogP contribution >= 0.6 is 15.9 Å². The quantitative estimate of drug-likeness (QED) is 0.880. The van der Waals surface area contributed by atoms with Crippen molar-refractivity contribution in [3.05, 3.63) is 34.1 Å². The Morgan fingerprint density at radius 1 is 1.36 bits per heavy atom. The Morgan fingerprint density at radius 2 is 2.00 bits per heavy atom. The number of hydrogen-bond acceptors (Lipinski definition) is 3. The van der Waals surface area contributed by atoms with E-state index < -0.39 is 23.4 Å². The number of likely N-dealkylation sites (N-methyl/N-ethyl adjacent to an activating group) is 1. The number of halogens is 2. The summed E-state index contributed by atoms with van der Waals surface area (Å²) in [5.74, 6) is -1.13. The number of carbonyl (C=O) groups is 2. The van der Waals surface area contributed by atoms with Gasteiger partial charge in [-0.15, -0.1) is 0 Å². The molecule has 0 atom stereocenters. The third-order valence-corrected chi connectivity index (χ3v) is 3.10. The van der Waals surface area contributed by atoms with Crippen molar-refractivity contribution in [2.75, 3.05) is 20.1 Å². The van der Waals surface area contributed by atoms with Crippen LogP contribution in [-0.4, -0.2) is 42.6 Å². The molecule has 0 radical (unpaired) electrons. The molecule has 1 N–H and O–H groups in total. The van der Waals surface area contributed by atoms with E-state index in [9.17, 15) is 14.0 Å². The van der Waals surface area contributed by atoms with Crippen LogP contribution in [0.4, 0.5) is 9.18 Å². The zero-order valence-corrected chi connectivity index (χ0v) is 14.7. The third-order valence-electron chi connectivity index (χ3n) is 2.61. The van der Waals surface area contributed by atoms with Crippen molar-refractivity contribution in [2.24, 2.45) is 0 Å². The van der Waals surface area contributed by atoms with Crippen molar-refractivity contribution in [3.63, 3.8) is 0 Å². The molecule has 0 fully saturated rings. The number of nitrogens with zero attached hydrogens (tertiary/aromatic N) is 1. The van der Waals surface area contributed by atoms with Gasteiger partial charge in [-0.1, -0.05) is 15.9 Å². The summed E-state index contributed by atoms with van der Waals surface area (Å²) in [6.07, 6.45) is -0.476. The second kappa shape index (κ2) is 7.58. The van der Waals surface area contributed by atoms with Gasteiger partial charge in [-0.25, -0.2) is 9.18 Å². The standard InChI is InChI=1S/C15H20BrFN2O3/c1-15(2,3)22-14(21)19(4)8-7-18-13(20)11-9-10(16)5-6-12(11)17/h5-6,9H,7-8H2,1-4H3,(H,18,20). The molecule has 0 aliphatic rings. The Bertz CT molecular complexity index is 558. The molecular formula is C15H20BrFN2O3. The fourth-order valence-electron chi connectivity index (χ4n) is 1.54. The van der Waals surface area contributed by atoms with E-state index in [4.69, 9.17) is 4.74 Å². The zero-order valence-electron chi connectivity index (χ0n) is 13.1. The maximum absolute atomic E-state index is 13.6. The van der Waals surface area contributed by atoms with E-state index in [1.54, 1.807) is 27.8 Å². The van der Waals surface area contributed by atoms with Crippen molar-refractivity contribution < 1.29 is 18.7 Å². The van der Waals surface area contributed by atoms with Gasteiger partial charge in [0.2, 0.25) is 0 Å². The molecule has 22 heavy (non-hydrogen) atoms. The highest BCUT2D eigenvalue weighted by Gasteiger charge is 2.19. The van der Waals surface area contributed by atoms with Crippen LogP contribution in [0.1, 0.15) is 31.1 Å². The van der Waals surface area contributed by atoms with Gasteiger partial charge in [0.1, 0.15) is 11.4 Å². The lowest BCUT2D eigenvalue weighted by Gasteiger charge is -2.24. The predicted octanol–water partition coefficient (Wildman–Crippen LogP) is 3.18. The molecule has 0 heterocycles. The number of carbonyl (C=O) groups excluding carboxylic acids is 2. The summed E-state index contributed by atoms with van der Waals surface area (Å²) in [5.41, 5.74) is -0.622. The molecule has 7 heteroatoms. The lowest BCUT2D eigenvalue weighted by Crippen LogP contribution is -2.39. The molecule has 122 valence electrons. The molecule has 5 nitrogen and oxygen atoms in total. The predicted molar refractivity (Wildman–Crippen MR) is 85.3 cm³/mol. The van der Waals surface area contributed by atoms with Gasteiger partial charge >= 0.3 is 6.09 Å². The van der Waals surface area contributed by atoms with Gasteiger partial charge in [0, 0.05) is 24.6 Å². The minimum atomic E-state index is -0.596. The minimum absolute atomic E-state index is 0.0469. The molecule has 1 aromatic carbocycles. The van der Waals surface area contributed by atoms with E-state index in [1.165, 1.54) is 23.1 Å². The highest BCUT2D eigenvalue weighted by atomic mass is 79.9. The Labute approximate surface area is 137 Å². The summed E-state index contributed by atoms with van der Waals surface area (Å²) in [4.78, 5) is 25.0. The number of hydrogen-bond donors (Lipinski definition) is 1. The summed E-state index contributed by atoms with van der Waals surface area (Å²) in [6.45, 7) is 5.78. The second-order valence-corrected chi connectivity index (χ2v) is 6.70. The monoisotopic (exact) mass is 374 g/mol. The van der Waals surface area contributed by atoms with Crippen LogP contribution < -0.4 is 5.32 Å². The Balaban J connectivity index is 2.48. The van der Waals surface area contributed by atoms with Crippen LogP contribution in [0.25, 0.3) is 0 Å². The van der Waals surface area contributed by atoms with Crippen LogP contribution in [0.5, 0.6) is 0 Å². The SMILES string of the molecule is CN(CCNC(=O)c1cc(Br)ccc1F)C(=O)OC(C)(C)C. The number of amides is 2. The zero-order chi connectivity index (χ0) is 16.9. The van der Waals surface area contributed by atoms with Crippen LogP contribution in [0.2, 0.25) is 0 Å². The van der Waals surface area contributed by atoms with E-state index in [1.807, 2.05) is 0 Å². The second-order valence-electron chi connectivity index (χ2n) is 5.78. The fraction of sp³-hybridized carbons (Fsp3) is 0.467. The number of rotatable bonds is 4. The first-order valence-electron chi connectivity index (χ1n) is 6.77. The molecule has 0 spiro atoms. The lowest BCUT2D eigenvalue weighted by atomic mass is 10.2. The molecule has 0 saturated heterocycles. The molecule has 1 aromatic rings. The van der Waals surface area contributed by atoms with Gasteiger partial charge in [0.25, 0.3) is 5.91 Å². The first kappa shape index (κ1) is 18.4.